The van der Waals surface area contributed by atoms with E-state index in [1.165, 1.54) is 11.3 Å². The first-order chi connectivity index (χ1) is 7.61. The number of hydrogen-bond acceptors (Lipinski definition) is 5. The smallest absolute Gasteiger partial charge is 0.0959 e. The Morgan fingerprint density at radius 1 is 1.56 bits per heavy atom. The third-order valence-corrected chi connectivity index (χ3v) is 3.27. The second-order valence-electron chi connectivity index (χ2n) is 3.50. The van der Waals surface area contributed by atoms with Crippen LogP contribution in [0.15, 0.2) is 17.5 Å². The predicted molar refractivity (Wildman–Crippen MR) is 63.1 cm³/mol. The normalized spacial score (nSPS) is 12.1. The zero-order chi connectivity index (χ0) is 11.7. The van der Waals surface area contributed by atoms with Gasteiger partial charge in [-0.1, -0.05) is 5.16 Å². The van der Waals surface area contributed by atoms with Crippen LogP contribution >= 0.6 is 11.3 Å². The van der Waals surface area contributed by atoms with Gasteiger partial charge >= 0.3 is 0 Å². The summed E-state index contributed by atoms with van der Waals surface area (Å²) in [5, 5.41) is 17.1. The van der Waals surface area contributed by atoms with E-state index in [0.717, 1.165) is 21.1 Å². The fraction of sp³-hybridized carbons (Fsp3) is 0.300. The molecular weight excluding hydrogens is 224 g/mol. The van der Waals surface area contributed by atoms with Gasteiger partial charge in [-0.3, -0.25) is 4.68 Å². The molecule has 0 amide bonds. The van der Waals surface area contributed by atoms with E-state index in [0.29, 0.717) is 5.71 Å². The molecule has 0 fully saturated rings. The van der Waals surface area contributed by atoms with Crippen LogP contribution in [0.3, 0.4) is 0 Å². The van der Waals surface area contributed by atoms with Crippen LogP contribution in [-0.2, 0) is 7.05 Å². The summed E-state index contributed by atoms with van der Waals surface area (Å²) in [6, 6.07) is 0. The lowest BCUT2D eigenvalue weighted by Crippen LogP contribution is -1.93. The highest BCUT2D eigenvalue weighted by molar-refractivity contribution is 7.14. The van der Waals surface area contributed by atoms with Gasteiger partial charge in [0.1, 0.15) is 0 Å². The molecule has 0 saturated heterocycles. The van der Waals surface area contributed by atoms with Gasteiger partial charge in [0.25, 0.3) is 0 Å². The lowest BCUT2D eigenvalue weighted by Gasteiger charge is -1.96. The number of aromatic nitrogens is 3. The summed E-state index contributed by atoms with van der Waals surface area (Å²) < 4.78 is 1.72. The molecule has 0 spiro atoms. The summed E-state index contributed by atoms with van der Waals surface area (Å²) in [7, 11) is 1.86. The molecule has 0 aliphatic heterocycles. The molecule has 0 unspecified atom stereocenters. The second-order valence-corrected chi connectivity index (χ2v) is 4.70. The molecule has 2 aromatic heterocycles. The molecule has 0 aromatic carbocycles. The molecule has 0 aliphatic rings. The lowest BCUT2D eigenvalue weighted by molar-refractivity contribution is 0.319. The molecule has 0 saturated carbocycles. The van der Waals surface area contributed by atoms with Crippen LogP contribution in [0, 0.1) is 6.92 Å². The molecule has 0 bridgehead atoms. The van der Waals surface area contributed by atoms with Crippen molar-refractivity contribution in [1.29, 1.82) is 0 Å². The first-order valence-corrected chi connectivity index (χ1v) is 5.59. The van der Waals surface area contributed by atoms with Gasteiger partial charge in [-0.2, -0.15) is 5.10 Å². The molecule has 16 heavy (non-hydrogen) atoms. The highest BCUT2D eigenvalue weighted by atomic mass is 32.1. The van der Waals surface area contributed by atoms with Crippen molar-refractivity contribution < 1.29 is 5.21 Å². The van der Waals surface area contributed by atoms with E-state index in [9.17, 15) is 0 Å². The van der Waals surface area contributed by atoms with Crippen molar-refractivity contribution >= 4 is 17.0 Å². The minimum atomic E-state index is 0.574. The van der Waals surface area contributed by atoms with E-state index < -0.39 is 0 Å². The van der Waals surface area contributed by atoms with Gasteiger partial charge < -0.3 is 5.21 Å². The SMILES string of the molecule is C/C(=N\O)c1sc(C)nc1-c1cnn(C)c1. The van der Waals surface area contributed by atoms with E-state index in [-0.39, 0.29) is 0 Å². The van der Waals surface area contributed by atoms with E-state index in [1.807, 2.05) is 20.2 Å². The minimum absolute atomic E-state index is 0.574. The van der Waals surface area contributed by atoms with Gasteiger partial charge in [0.05, 0.1) is 27.5 Å². The molecule has 0 radical (unpaired) electrons. The summed E-state index contributed by atoms with van der Waals surface area (Å²) in [5.74, 6) is 0. The Morgan fingerprint density at radius 3 is 2.88 bits per heavy atom. The van der Waals surface area contributed by atoms with Crippen LogP contribution < -0.4 is 0 Å². The number of oxime groups is 1. The largest absolute Gasteiger partial charge is 0.411 e. The van der Waals surface area contributed by atoms with Gasteiger partial charge in [0.15, 0.2) is 0 Å². The topological polar surface area (TPSA) is 63.3 Å². The van der Waals surface area contributed by atoms with Crippen LogP contribution in [-0.4, -0.2) is 25.7 Å². The van der Waals surface area contributed by atoms with E-state index in [1.54, 1.807) is 17.8 Å². The van der Waals surface area contributed by atoms with Crippen molar-refractivity contribution in [2.75, 3.05) is 0 Å². The highest BCUT2D eigenvalue weighted by Gasteiger charge is 2.15. The minimum Gasteiger partial charge on any atom is -0.411 e. The standard InChI is InChI=1S/C10H12N4OS/c1-6(13-15)10-9(12-7(2)16-10)8-4-11-14(3)5-8/h4-5,15H,1-3H3/b13-6+. The van der Waals surface area contributed by atoms with Crippen LogP contribution in [0.4, 0.5) is 0 Å². The van der Waals surface area contributed by atoms with Crippen molar-refractivity contribution in [1.82, 2.24) is 14.8 Å². The Bertz CT molecular complexity index is 541. The average molecular weight is 236 g/mol. The molecule has 5 nitrogen and oxygen atoms in total. The number of rotatable bonds is 2. The fourth-order valence-corrected chi connectivity index (χ4v) is 2.34. The Balaban J connectivity index is 2.56. The van der Waals surface area contributed by atoms with Gasteiger partial charge in [-0.25, -0.2) is 4.98 Å². The maximum absolute atomic E-state index is 8.82. The molecule has 6 heteroatoms. The summed E-state index contributed by atoms with van der Waals surface area (Å²) >= 11 is 1.51. The molecular formula is C10H12N4OS. The molecule has 2 rings (SSSR count). The van der Waals surface area contributed by atoms with Crippen molar-refractivity contribution in [3.8, 4) is 11.3 Å². The number of hydrogen-bond donors (Lipinski definition) is 1. The lowest BCUT2D eigenvalue weighted by atomic mass is 10.2. The molecule has 0 atom stereocenters. The maximum Gasteiger partial charge on any atom is 0.0959 e. The third-order valence-electron chi connectivity index (χ3n) is 2.19. The maximum atomic E-state index is 8.82. The van der Waals surface area contributed by atoms with Crippen LogP contribution in [0.2, 0.25) is 0 Å². The molecule has 2 heterocycles. The molecule has 2 aromatic rings. The van der Waals surface area contributed by atoms with E-state index in [4.69, 9.17) is 5.21 Å². The fourth-order valence-electron chi connectivity index (χ4n) is 1.46. The van der Waals surface area contributed by atoms with Gasteiger partial charge in [0, 0.05) is 18.8 Å². The van der Waals surface area contributed by atoms with Crippen molar-refractivity contribution in [3.63, 3.8) is 0 Å². The number of nitrogens with zero attached hydrogens (tertiary/aromatic N) is 4. The first-order valence-electron chi connectivity index (χ1n) is 4.77. The second kappa shape index (κ2) is 4.05. The van der Waals surface area contributed by atoms with Crippen LogP contribution in [0.5, 0.6) is 0 Å². The Labute approximate surface area is 97.1 Å². The van der Waals surface area contributed by atoms with Gasteiger partial charge in [-0.05, 0) is 13.8 Å². The first kappa shape index (κ1) is 10.8. The zero-order valence-electron chi connectivity index (χ0n) is 9.30. The number of thiazole rings is 1. The average Bonchev–Trinajstić information content (AvgIpc) is 2.83. The van der Waals surface area contributed by atoms with Crippen LogP contribution in [0.25, 0.3) is 11.3 Å². The summed E-state index contributed by atoms with van der Waals surface area (Å²) in [6.07, 6.45) is 3.64. The zero-order valence-corrected chi connectivity index (χ0v) is 10.1. The monoisotopic (exact) mass is 236 g/mol. The van der Waals surface area contributed by atoms with Crippen molar-refractivity contribution in [2.24, 2.45) is 12.2 Å². The van der Waals surface area contributed by atoms with E-state index >= 15 is 0 Å². The van der Waals surface area contributed by atoms with Crippen molar-refractivity contribution in [3.05, 3.63) is 22.3 Å². The third kappa shape index (κ3) is 1.83. The summed E-state index contributed by atoms with van der Waals surface area (Å²) in [6.45, 7) is 3.69. The molecule has 84 valence electrons. The van der Waals surface area contributed by atoms with Crippen LogP contribution in [0.1, 0.15) is 16.8 Å². The number of aryl methyl sites for hydroxylation is 2. The van der Waals surface area contributed by atoms with Gasteiger partial charge in [0.2, 0.25) is 0 Å². The summed E-state index contributed by atoms with van der Waals surface area (Å²) in [4.78, 5) is 5.32. The quantitative estimate of drug-likeness (QED) is 0.493. The molecule has 0 aliphatic carbocycles. The Morgan fingerprint density at radius 2 is 2.31 bits per heavy atom. The van der Waals surface area contributed by atoms with Crippen molar-refractivity contribution in [2.45, 2.75) is 13.8 Å². The molecule has 1 N–H and O–H groups in total. The van der Waals surface area contributed by atoms with E-state index in [2.05, 4.69) is 15.2 Å². The Kier molecular flexibility index (Phi) is 2.74. The summed E-state index contributed by atoms with van der Waals surface area (Å²) in [5.41, 5.74) is 2.33. The van der Waals surface area contributed by atoms with Gasteiger partial charge in [-0.15, -0.1) is 11.3 Å². The predicted octanol–water partition coefficient (Wildman–Crippen LogP) is 2.05. The highest BCUT2D eigenvalue weighted by Crippen LogP contribution is 2.28. The Hall–Kier alpha value is -1.69.